The van der Waals surface area contributed by atoms with Crippen molar-refractivity contribution in [2.75, 3.05) is 13.1 Å². The number of primary amides is 1. The van der Waals surface area contributed by atoms with E-state index < -0.39 is 6.04 Å². The lowest BCUT2D eigenvalue weighted by Gasteiger charge is -2.40. The van der Waals surface area contributed by atoms with Crippen LogP contribution < -0.4 is 11.1 Å². The molecule has 1 aliphatic carbocycles. The summed E-state index contributed by atoms with van der Waals surface area (Å²) in [5.41, 5.74) is 6.53. The van der Waals surface area contributed by atoms with Crippen molar-refractivity contribution in [1.29, 1.82) is 0 Å². The minimum absolute atomic E-state index is 0.205. The highest BCUT2D eigenvalue weighted by Gasteiger charge is 2.38. The minimum atomic E-state index is -0.476. The number of piperidine rings is 1. The van der Waals surface area contributed by atoms with Crippen molar-refractivity contribution in [2.45, 2.75) is 44.7 Å². The van der Waals surface area contributed by atoms with E-state index in [1.54, 1.807) is 0 Å². The Labute approximate surface area is 143 Å². The van der Waals surface area contributed by atoms with Crippen LogP contribution in [0.4, 0.5) is 0 Å². The van der Waals surface area contributed by atoms with Crippen LogP contribution in [0.15, 0.2) is 30.3 Å². The third-order valence-corrected chi connectivity index (χ3v) is 5.29. The molecule has 0 spiro atoms. The summed E-state index contributed by atoms with van der Waals surface area (Å²) < 4.78 is 0. The van der Waals surface area contributed by atoms with E-state index in [1.165, 1.54) is 0 Å². The molecule has 1 saturated carbocycles. The fourth-order valence-corrected chi connectivity index (χ4v) is 3.66. The second-order valence-corrected chi connectivity index (χ2v) is 7.03. The molecule has 2 aliphatic rings. The zero-order chi connectivity index (χ0) is 17.1. The van der Waals surface area contributed by atoms with Crippen molar-refractivity contribution in [3.05, 3.63) is 35.9 Å². The average Bonchev–Trinajstić information content (AvgIpc) is 3.44. The summed E-state index contributed by atoms with van der Waals surface area (Å²) in [4.78, 5) is 26.3. The van der Waals surface area contributed by atoms with Gasteiger partial charge in [-0.25, -0.2) is 0 Å². The van der Waals surface area contributed by atoms with Crippen LogP contribution in [-0.2, 0) is 9.59 Å². The molecule has 1 heterocycles. The van der Waals surface area contributed by atoms with Gasteiger partial charge in [0.25, 0.3) is 0 Å². The van der Waals surface area contributed by atoms with E-state index in [1.807, 2.05) is 35.2 Å². The largest absolute Gasteiger partial charge is 0.368 e. The normalized spacial score (nSPS) is 25.3. The second kappa shape index (κ2) is 7.34. The van der Waals surface area contributed by atoms with Crippen LogP contribution in [0.3, 0.4) is 0 Å². The average molecular weight is 329 g/mol. The monoisotopic (exact) mass is 329 g/mol. The lowest BCUT2D eigenvalue weighted by Crippen LogP contribution is -2.53. The number of hydrogen-bond donors (Lipinski definition) is 2. The van der Waals surface area contributed by atoms with Crippen LogP contribution in [-0.4, -0.2) is 35.8 Å². The summed E-state index contributed by atoms with van der Waals surface area (Å²) in [6, 6.07) is 9.34. The number of nitrogens with zero attached hydrogens (tertiary/aromatic N) is 1. The molecular weight excluding hydrogens is 302 g/mol. The predicted octanol–water partition coefficient (Wildman–Crippen LogP) is 1.84. The SMILES string of the molecule is CCC1CN(C(=O)C2CC2)CCC1NC(C(N)=O)c1ccccc1. The maximum atomic E-state index is 12.3. The van der Waals surface area contributed by atoms with Gasteiger partial charge in [-0.15, -0.1) is 0 Å². The molecule has 24 heavy (non-hydrogen) atoms. The Balaban J connectivity index is 1.67. The van der Waals surface area contributed by atoms with Gasteiger partial charge in [-0.1, -0.05) is 43.7 Å². The van der Waals surface area contributed by atoms with Crippen molar-refractivity contribution in [1.82, 2.24) is 10.2 Å². The van der Waals surface area contributed by atoms with Gasteiger partial charge in [0.2, 0.25) is 11.8 Å². The van der Waals surface area contributed by atoms with Crippen molar-refractivity contribution < 1.29 is 9.59 Å². The van der Waals surface area contributed by atoms with E-state index in [0.717, 1.165) is 44.3 Å². The summed E-state index contributed by atoms with van der Waals surface area (Å²) >= 11 is 0. The molecule has 1 saturated heterocycles. The van der Waals surface area contributed by atoms with Gasteiger partial charge in [0.15, 0.2) is 0 Å². The molecule has 0 radical (unpaired) electrons. The van der Waals surface area contributed by atoms with Gasteiger partial charge >= 0.3 is 0 Å². The number of nitrogens with two attached hydrogens (primary N) is 1. The second-order valence-electron chi connectivity index (χ2n) is 7.03. The molecule has 5 heteroatoms. The molecule has 5 nitrogen and oxygen atoms in total. The molecule has 130 valence electrons. The predicted molar refractivity (Wildman–Crippen MR) is 93.0 cm³/mol. The first-order chi connectivity index (χ1) is 11.6. The van der Waals surface area contributed by atoms with Gasteiger partial charge in [0.05, 0.1) is 0 Å². The first-order valence-electron chi connectivity index (χ1n) is 8.99. The summed E-state index contributed by atoms with van der Waals surface area (Å²) in [6.07, 6.45) is 3.94. The fraction of sp³-hybridized carbons (Fsp3) is 0.579. The number of carbonyl (C=O) groups excluding carboxylic acids is 2. The highest BCUT2D eigenvalue weighted by atomic mass is 16.2. The Bertz CT molecular complexity index is 586. The van der Waals surface area contributed by atoms with Crippen LogP contribution in [0.2, 0.25) is 0 Å². The molecule has 3 N–H and O–H groups in total. The van der Waals surface area contributed by atoms with E-state index in [2.05, 4.69) is 12.2 Å². The Morgan fingerprint density at radius 3 is 2.54 bits per heavy atom. The third kappa shape index (κ3) is 3.78. The van der Waals surface area contributed by atoms with Crippen molar-refractivity contribution in [2.24, 2.45) is 17.6 Å². The van der Waals surface area contributed by atoms with Crippen LogP contribution in [0.25, 0.3) is 0 Å². The van der Waals surface area contributed by atoms with Crippen LogP contribution in [0.1, 0.15) is 44.2 Å². The number of amides is 2. The maximum absolute atomic E-state index is 12.3. The number of nitrogens with one attached hydrogen (secondary N) is 1. The van der Waals surface area contributed by atoms with E-state index >= 15 is 0 Å². The topological polar surface area (TPSA) is 75.4 Å². The fourth-order valence-electron chi connectivity index (χ4n) is 3.66. The maximum Gasteiger partial charge on any atom is 0.239 e. The first kappa shape index (κ1) is 17.0. The minimum Gasteiger partial charge on any atom is -0.368 e. The number of likely N-dealkylation sites (tertiary alicyclic amines) is 1. The van der Waals surface area contributed by atoms with Crippen molar-refractivity contribution in [3.63, 3.8) is 0 Å². The van der Waals surface area contributed by atoms with E-state index in [9.17, 15) is 9.59 Å². The van der Waals surface area contributed by atoms with Crippen LogP contribution in [0, 0.1) is 11.8 Å². The number of benzene rings is 1. The van der Waals surface area contributed by atoms with Gasteiger partial charge in [-0.2, -0.15) is 0 Å². The van der Waals surface area contributed by atoms with E-state index in [4.69, 9.17) is 5.73 Å². The molecule has 3 atom stereocenters. The Morgan fingerprint density at radius 1 is 1.25 bits per heavy atom. The Kier molecular flexibility index (Phi) is 5.19. The number of rotatable bonds is 6. The standard InChI is InChI=1S/C19H27N3O2/c1-2-13-12-22(19(24)15-8-9-15)11-10-16(13)21-17(18(20)23)14-6-4-3-5-7-14/h3-7,13,15-17,21H,2,8-12H2,1H3,(H2,20,23). The van der Waals surface area contributed by atoms with Gasteiger partial charge in [-0.3, -0.25) is 14.9 Å². The zero-order valence-electron chi connectivity index (χ0n) is 14.3. The molecule has 1 aliphatic heterocycles. The highest BCUT2D eigenvalue weighted by Crippen LogP contribution is 2.33. The summed E-state index contributed by atoms with van der Waals surface area (Å²) in [7, 11) is 0. The lowest BCUT2D eigenvalue weighted by atomic mass is 9.88. The van der Waals surface area contributed by atoms with Gasteiger partial charge in [0, 0.05) is 25.0 Å². The van der Waals surface area contributed by atoms with Crippen LogP contribution in [0.5, 0.6) is 0 Å². The summed E-state index contributed by atoms with van der Waals surface area (Å²) in [5.74, 6) is 0.593. The molecule has 1 aromatic carbocycles. The molecule has 1 aromatic rings. The zero-order valence-corrected chi connectivity index (χ0v) is 14.3. The summed E-state index contributed by atoms with van der Waals surface area (Å²) in [5, 5.41) is 3.46. The molecule has 0 aromatic heterocycles. The third-order valence-electron chi connectivity index (χ3n) is 5.29. The van der Waals surface area contributed by atoms with Crippen molar-refractivity contribution >= 4 is 11.8 Å². The quantitative estimate of drug-likeness (QED) is 0.836. The molecule has 2 fully saturated rings. The summed E-state index contributed by atoms with van der Waals surface area (Å²) in [6.45, 7) is 3.69. The first-order valence-corrected chi connectivity index (χ1v) is 8.99. The van der Waals surface area contributed by atoms with Gasteiger partial charge in [-0.05, 0) is 30.7 Å². The van der Waals surface area contributed by atoms with E-state index in [0.29, 0.717) is 11.8 Å². The molecule has 0 bridgehead atoms. The van der Waals surface area contributed by atoms with E-state index in [-0.39, 0.29) is 17.9 Å². The Morgan fingerprint density at radius 2 is 1.96 bits per heavy atom. The number of hydrogen-bond acceptors (Lipinski definition) is 3. The lowest BCUT2D eigenvalue weighted by molar-refractivity contribution is -0.135. The van der Waals surface area contributed by atoms with Crippen LogP contribution >= 0.6 is 0 Å². The smallest absolute Gasteiger partial charge is 0.239 e. The highest BCUT2D eigenvalue weighted by molar-refractivity contribution is 5.82. The molecule has 3 unspecified atom stereocenters. The molecule has 2 amide bonds. The van der Waals surface area contributed by atoms with Gasteiger partial charge < -0.3 is 10.6 Å². The Hall–Kier alpha value is -1.88. The molecule has 3 rings (SSSR count). The number of carbonyl (C=O) groups is 2. The molecular formula is C19H27N3O2. The van der Waals surface area contributed by atoms with Crippen molar-refractivity contribution in [3.8, 4) is 0 Å². The van der Waals surface area contributed by atoms with Gasteiger partial charge in [0.1, 0.15) is 6.04 Å².